The first kappa shape index (κ1) is 21.0. The lowest BCUT2D eigenvalue weighted by Crippen LogP contribution is -2.27. The van der Waals surface area contributed by atoms with Crippen molar-refractivity contribution in [2.24, 2.45) is 0 Å². The first-order valence-electron chi connectivity index (χ1n) is 8.37. The molecule has 0 atom stereocenters. The number of rotatable bonds is 6. The second-order valence-corrected chi connectivity index (χ2v) is 7.73. The van der Waals surface area contributed by atoms with Gasteiger partial charge in [0.2, 0.25) is 0 Å². The number of hydrogen-bond acceptors (Lipinski definition) is 5. The van der Waals surface area contributed by atoms with Crippen LogP contribution in [0.2, 0.25) is 0 Å². The van der Waals surface area contributed by atoms with E-state index in [2.05, 4.69) is 21.9 Å². The minimum absolute atomic E-state index is 0.0727. The summed E-state index contributed by atoms with van der Waals surface area (Å²) in [6.07, 6.45) is 6.80. The number of hydrogen-bond donors (Lipinski definition) is 0. The molecular weight excluding hydrogens is 461 g/mol. The SMILES string of the molecule is C#CCOc1c(Br)cc(/C=C2\SC(=O)N(Cc3ccccc3F)C2=O)cc1OC. The zero-order valence-corrected chi connectivity index (χ0v) is 17.7. The summed E-state index contributed by atoms with van der Waals surface area (Å²) in [6.45, 7) is -0.0518. The van der Waals surface area contributed by atoms with Crippen LogP contribution in [0.1, 0.15) is 11.1 Å². The highest BCUT2D eigenvalue weighted by Crippen LogP contribution is 2.39. The topological polar surface area (TPSA) is 55.8 Å². The van der Waals surface area contributed by atoms with Crippen LogP contribution in [-0.2, 0) is 11.3 Å². The van der Waals surface area contributed by atoms with Crippen LogP contribution in [0.3, 0.4) is 0 Å². The largest absolute Gasteiger partial charge is 0.493 e. The molecule has 0 saturated carbocycles. The molecule has 0 N–H and O–H groups in total. The molecule has 2 aromatic rings. The number of methoxy groups -OCH3 is 1. The van der Waals surface area contributed by atoms with E-state index >= 15 is 0 Å². The van der Waals surface area contributed by atoms with Crippen LogP contribution in [0.25, 0.3) is 6.08 Å². The highest BCUT2D eigenvalue weighted by atomic mass is 79.9. The quantitative estimate of drug-likeness (QED) is 0.441. The van der Waals surface area contributed by atoms with Crippen molar-refractivity contribution in [3.63, 3.8) is 0 Å². The monoisotopic (exact) mass is 475 g/mol. The summed E-state index contributed by atoms with van der Waals surface area (Å²) in [5.74, 6) is 2.30. The van der Waals surface area contributed by atoms with E-state index in [9.17, 15) is 14.0 Å². The summed E-state index contributed by atoms with van der Waals surface area (Å²) in [4.78, 5) is 26.2. The third-order valence-corrected chi connectivity index (χ3v) is 5.51. The van der Waals surface area contributed by atoms with E-state index in [1.165, 1.54) is 13.2 Å². The van der Waals surface area contributed by atoms with E-state index in [1.807, 2.05) is 0 Å². The fourth-order valence-corrected chi connectivity index (χ4v) is 4.07. The Morgan fingerprint density at radius 2 is 2.07 bits per heavy atom. The van der Waals surface area contributed by atoms with Gasteiger partial charge in [-0.25, -0.2) is 4.39 Å². The second-order valence-electron chi connectivity index (χ2n) is 5.89. The number of ether oxygens (including phenoxy) is 2. The number of imide groups is 1. The molecule has 8 heteroatoms. The highest BCUT2D eigenvalue weighted by molar-refractivity contribution is 9.10. The number of halogens is 2. The summed E-state index contributed by atoms with van der Waals surface area (Å²) in [7, 11) is 1.48. The number of benzene rings is 2. The lowest BCUT2D eigenvalue weighted by Gasteiger charge is -2.13. The molecule has 0 aliphatic carbocycles. The molecule has 3 rings (SSSR count). The van der Waals surface area contributed by atoms with Crippen LogP contribution in [0.4, 0.5) is 9.18 Å². The van der Waals surface area contributed by atoms with Gasteiger partial charge in [0.25, 0.3) is 11.1 Å². The zero-order valence-electron chi connectivity index (χ0n) is 15.3. The van der Waals surface area contributed by atoms with E-state index in [0.29, 0.717) is 21.5 Å². The van der Waals surface area contributed by atoms with Crippen molar-refractivity contribution in [2.75, 3.05) is 13.7 Å². The van der Waals surface area contributed by atoms with Gasteiger partial charge in [-0.15, -0.1) is 6.42 Å². The van der Waals surface area contributed by atoms with Crippen LogP contribution < -0.4 is 9.47 Å². The van der Waals surface area contributed by atoms with Gasteiger partial charge in [0.15, 0.2) is 11.5 Å². The van der Waals surface area contributed by atoms with Gasteiger partial charge in [0.05, 0.1) is 23.0 Å². The Morgan fingerprint density at radius 3 is 2.76 bits per heavy atom. The molecule has 1 heterocycles. The maximum absolute atomic E-state index is 13.9. The van der Waals surface area contributed by atoms with E-state index in [0.717, 1.165) is 16.7 Å². The van der Waals surface area contributed by atoms with Gasteiger partial charge < -0.3 is 9.47 Å². The maximum atomic E-state index is 13.9. The fraction of sp³-hybridized carbons (Fsp3) is 0.143. The van der Waals surface area contributed by atoms with E-state index in [4.69, 9.17) is 15.9 Å². The third kappa shape index (κ3) is 4.63. The van der Waals surface area contributed by atoms with Crippen LogP contribution in [0.5, 0.6) is 11.5 Å². The molecule has 1 aliphatic heterocycles. The molecule has 0 unspecified atom stereocenters. The molecule has 0 spiro atoms. The number of amides is 2. The Morgan fingerprint density at radius 1 is 1.31 bits per heavy atom. The number of terminal acetylenes is 1. The van der Waals surface area contributed by atoms with Crippen molar-refractivity contribution in [3.8, 4) is 23.8 Å². The molecule has 0 bridgehead atoms. The summed E-state index contributed by atoms with van der Waals surface area (Å²) in [5.41, 5.74) is 0.897. The number of carbonyl (C=O) groups is 2. The van der Waals surface area contributed by atoms with Crippen molar-refractivity contribution in [1.82, 2.24) is 4.90 Å². The molecule has 0 radical (unpaired) electrons. The third-order valence-electron chi connectivity index (χ3n) is 4.01. The molecule has 1 saturated heterocycles. The minimum Gasteiger partial charge on any atom is -0.493 e. The van der Waals surface area contributed by atoms with Crippen molar-refractivity contribution < 1.29 is 23.5 Å². The van der Waals surface area contributed by atoms with E-state index in [1.54, 1.807) is 36.4 Å². The Hall–Kier alpha value is -2.76. The average molecular weight is 476 g/mol. The molecule has 29 heavy (non-hydrogen) atoms. The summed E-state index contributed by atoms with van der Waals surface area (Å²) >= 11 is 4.20. The number of nitrogens with zero attached hydrogens (tertiary/aromatic N) is 1. The summed E-state index contributed by atoms with van der Waals surface area (Å²) < 4.78 is 25.3. The van der Waals surface area contributed by atoms with Crippen LogP contribution >= 0.6 is 27.7 Å². The zero-order chi connectivity index (χ0) is 21.0. The average Bonchev–Trinajstić information content (AvgIpc) is 2.95. The van der Waals surface area contributed by atoms with Gasteiger partial charge in [-0.05, 0) is 57.5 Å². The van der Waals surface area contributed by atoms with E-state index in [-0.39, 0.29) is 23.6 Å². The lowest BCUT2D eigenvalue weighted by molar-refractivity contribution is -0.123. The van der Waals surface area contributed by atoms with Crippen molar-refractivity contribution in [3.05, 3.63) is 62.7 Å². The van der Waals surface area contributed by atoms with Gasteiger partial charge in [0.1, 0.15) is 12.4 Å². The van der Waals surface area contributed by atoms with Gasteiger partial charge in [0, 0.05) is 5.56 Å². The minimum atomic E-state index is -0.481. The Balaban J connectivity index is 1.87. The van der Waals surface area contributed by atoms with Crippen molar-refractivity contribution in [1.29, 1.82) is 0 Å². The number of carbonyl (C=O) groups excluding carboxylic acids is 2. The van der Waals surface area contributed by atoms with Crippen LogP contribution in [0, 0.1) is 18.2 Å². The van der Waals surface area contributed by atoms with Gasteiger partial charge in [-0.3, -0.25) is 14.5 Å². The van der Waals surface area contributed by atoms with Crippen LogP contribution in [-0.4, -0.2) is 29.8 Å². The smallest absolute Gasteiger partial charge is 0.293 e. The maximum Gasteiger partial charge on any atom is 0.293 e. The fourth-order valence-electron chi connectivity index (χ4n) is 2.66. The molecule has 5 nitrogen and oxygen atoms in total. The van der Waals surface area contributed by atoms with Crippen molar-refractivity contribution >= 4 is 44.9 Å². The molecule has 2 aromatic carbocycles. The molecule has 1 fully saturated rings. The standard InChI is InChI=1S/C21H15BrFNO4S/c1-3-8-28-19-15(22)9-13(10-17(19)27-2)11-18-20(25)24(21(26)29-18)12-14-6-4-5-7-16(14)23/h1,4-7,9-11H,8,12H2,2H3/b18-11-. The number of thioether (sulfide) groups is 1. The Kier molecular flexibility index (Phi) is 6.62. The summed E-state index contributed by atoms with van der Waals surface area (Å²) in [6, 6.07) is 9.42. The molecule has 148 valence electrons. The van der Waals surface area contributed by atoms with Crippen LogP contribution in [0.15, 0.2) is 45.8 Å². The second kappa shape index (κ2) is 9.16. The normalized spacial score (nSPS) is 15.0. The first-order valence-corrected chi connectivity index (χ1v) is 9.98. The first-order chi connectivity index (χ1) is 13.9. The van der Waals surface area contributed by atoms with E-state index < -0.39 is 17.0 Å². The molecule has 0 aromatic heterocycles. The molecule has 2 amide bonds. The lowest BCUT2D eigenvalue weighted by atomic mass is 10.1. The van der Waals surface area contributed by atoms with Gasteiger partial charge in [-0.2, -0.15) is 0 Å². The molecule has 1 aliphatic rings. The molecular formula is C21H15BrFNO4S. The van der Waals surface area contributed by atoms with Gasteiger partial charge >= 0.3 is 0 Å². The summed E-state index contributed by atoms with van der Waals surface area (Å²) in [5, 5.41) is -0.454. The van der Waals surface area contributed by atoms with Crippen molar-refractivity contribution in [2.45, 2.75) is 6.54 Å². The Bertz CT molecular complexity index is 1050. The predicted octanol–water partition coefficient (Wildman–Crippen LogP) is 4.85. The predicted molar refractivity (Wildman–Crippen MR) is 113 cm³/mol. The Labute approximate surface area is 180 Å². The highest BCUT2D eigenvalue weighted by Gasteiger charge is 2.35. The van der Waals surface area contributed by atoms with Gasteiger partial charge in [-0.1, -0.05) is 24.1 Å².